The van der Waals surface area contributed by atoms with Gasteiger partial charge in [0, 0.05) is 24.4 Å². The Labute approximate surface area is 168 Å². The third-order valence-corrected chi connectivity index (χ3v) is 5.00. The van der Waals surface area contributed by atoms with E-state index in [1.807, 2.05) is 6.92 Å². The van der Waals surface area contributed by atoms with E-state index in [-0.39, 0.29) is 34.9 Å². The summed E-state index contributed by atoms with van der Waals surface area (Å²) in [6.07, 6.45) is -3.71. The Morgan fingerprint density at radius 1 is 1.20 bits per heavy atom. The second-order valence-electron chi connectivity index (χ2n) is 7.39. The van der Waals surface area contributed by atoms with E-state index >= 15 is 0 Å². The molecule has 2 fully saturated rings. The highest BCUT2D eigenvalue weighted by Gasteiger charge is 2.45. The standard InChI is InChI=1S/C18H19F5N6O/c1-10-7-30-3-2-29(10)16-26-13(5-15(27-16)28-8-17(19,20)9-28)11-6-25-14(24)4-12(11)18(21,22)23/h4-6,10H,2-3,7-9H2,1H3,(H2,24,25). The molecule has 30 heavy (non-hydrogen) atoms. The van der Waals surface area contributed by atoms with Crippen molar-refractivity contribution in [3.8, 4) is 11.3 Å². The van der Waals surface area contributed by atoms with Crippen LogP contribution in [0.25, 0.3) is 11.3 Å². The summed E-state index contributed by atoms with van der Waals surface area (Å²) in [5.74, 6) is -2.87. The first-order valence-corrected chi connectivity index (χ1v) is 9.23. The monoisotopic (exact) mass is 430 g/mol. The van der Waals surface area contributed by atoms with Crippen LogP contribution in [0.5, 0.6) is 0 Å². The van der Waals surface area contributed by atoms with Crippen molar-refractivity contribution < 1.29 is 26.7 Å². The van der Waals surface area contributed by atoms with Gasteiger partial charge in [-0.05, 0) is 13.0 Å². The molecule has 2 saturated heterocycles. The molecule has 2 aromatic heterocycles. The number of hydrogen-bond acceptors (Lipinski definition) is 7. The molecule has 2 aliphatic rings. The zero-order valence-electron chi connectivity index (χ0n) is 16.0. The summed E-state index contributed by atoms with van der Waals surface area (Å²) in [6, 6.07) is 1.87. The lowest BCUT2D eigenvalue weighted by molar-refractivity contribution is -0.137. The number of morpholine rings is 1. The maximum Gasteiger partial charge on any atom is 0.417 e. The van der Waals surface area contributed by atoms with Crippen molar-refractivity contribution in [2.75, 3.05) is 48.4 Å². The molecule has 7 nitrogen and oxygen atoms in total. The Morgan fingerprint density at radius 2 is 1.93 bits per heavy atom. The van der Waals surface area contributed by atoms with E-state index in [9.17, 15) is 22.0 Å². The van der Waals surface area contributed by atoms with Crippen molar-refractivity contribution in [2.45, 2.75) is 25.1 Å². The molecule has 0 aliphatic carbocycles. The average molecular weight is 430 g/mol. The molecule has 2 aliphatic heterocycles. The topological polar surface area (TPSA) is 80.4 Å². The van der Waals surface area contributed by atoms with Crippen molar-refractivity contribution in [1.29, 1.82) is 0 Å². The number of anilines is 3. The van der Waals surface area contributed by atoms with E-state index in [1.165, 1.54) is 11.0 Å². The molecule has 0 radical (unpaired) electrons. The molecule has 2 aromatic rings. The fraction of sp³-hybridized carbons (Fsp3) is 0.500. The van der Waals surface area contributed by atoms with Gasteiger partial charge < -0.3 is 20.3 Å². The number of pyridine rings is 1. The highest BCUT2D eigenvalue weighted by molar-refractivity contribution is 5.70. The number of hydrogen-bond donors (Lipinski definition) is 1. The molecule has 162 valence electrons. The van der Waals surface area contributed by atoms with Crippen LogP contribution in [0, 0.1) is 0 Å². The van der Waals surface area contributed by atoms with Gasteiger partial charge in [-0.25, -0.2) is 18.7 Å². The van der Waals surface area contributed by atoms with Crippen LogP contribution >= 0.6 is 0 Å². The van der Waals surface area contributed by atoms with Crippen LogP contribution in [0.15, 0.2) is 18.3 Å². The predicted octanol–water partition coefficient (Wildman–Crippen LogP) is 2.82. The fourth-order valence-electron chi connectivity index (χ4n) is 3.46. The minimum absolute atomic E-state index is 0.0660. The molecule has 0 bridgehead atoms. The predicted molar refractivity (Wildman–Crippen MR) is 99.5 cm³/mol. The maximum atomic E-state index is 13.6. The second-order valence-corrected chi connectivity index (χ2v) is 7.39. The van der Waals surface area contributed by atoms with Gasteiger partial charge in [-0.1, -0.05) is 0 Å². The fourth-order valence-corrected chi connectivity index (χ4v) is 3.46. The molecule has 2 N–H and O–H groups in total. The molecular formula is C18H19F5N6O. The number of nitrogens with zero attached hydrogens (tertiary/aromatic N) is 5. The Balaban J connectivity index is 1.83. The van der Waals surface area contributed by atoms with Crippen molar-refractivity contribution in [1.82, 2.24) is 15.0 Å². The lowest BCUT2D eigenvalue weighted by Gasteiger charge is -2.40. The van der Waals surface area contributed by atoms with E-state index in [4.69, 9.17) is 10.5 Å². The van der Waals surface area contributed by atoms with Gasteiger partial charge in [0.15, 0.2) is 0 Å². The van der Waals surface area contributed by atoms with Crippen LogP contribution in [0.3, 0.4) is 0 Å². The third kappa shape index (κ3) is 3.95. The number of halogens is 5. The Kier molecular flexibility index (Phi) is 4.91. The molecule has 1 unspecified atom stereocenters. The summed E-state index contributed by atoms with van der Waals surface area (Å²) in [7, 11) is 0. The molecule has 0 amide bonds. The number of nitrogen functional groups attached to an aromatic ring is 1. The minimum atomic E-state index is -4.70. The summed E-state index contributed by atoms with van der Waals surface area (Å²) in [5.41, 5.74) is 4.08. The largest absolute Gasteiger partial charge is 0.417 e. The molecule has 12 heteroatoms. The first-order valence-electron chi connectivity index (χ1n) is 9.23. The number of ether oxygens (including phenoxy) is 1. The van der Waals surface area contributed by atoms with Crippen LogP contribution in [0.2, 0.25) is 0 Å². The van der Waals surface area contributed by atoms with Gasteiger partial charge in [0.2, 0.25) is 5.95 Å². The van der Waals surface area contributed by atoms with Gasteiger partial charge in [-0.3, -0.25) is 0 Å². The first-order chi connectivity index (χ1) is 14.0. The minimum Gasteiger partial charge on any atom is -0.384 e. The average Bonchev–Trinajstić information content (AvgIpc) is 2.65. The summed E-state index contributed by atoms with van der Waals surface area (Å²) < 4.78 is 73.0. The quantitative estimate of drug-likeness (QED) is 0.750. The molecule has 0 spiro atoms. The lowest BCUT2D eigenvalue weighted by Crippen LogP contribution is -2.56. The van der Waals surface area contributed by atoms with E-state index in [0.29, 0.717) is 19.8 Å². The number of aromatic nitrogens is 3. The number of alkyl halides is 5. The summed E-state index contributed by atoms with van der Waals surface area (Å²) in [4.78, 5) is 15.5. The molecule has 4 rings (SSSR count). The zero-order chi connectivity index (χ0) is 21.7. The van der Waals surface area contributed by atoms with Crippen LogP contribution in [-0.2, 0) is 10.9 Å². The highest BCUT2D eigenvalue weighted by atomic mass is 19.4. The maximum absolute atomic E-state index is 13.6. The normalized spacial score (nSPS) is 21.5. The summed E-state index contributed by atoms with van der Waals surface area (Å²) in [6.45, 7) is 1.94. The van der Waals surface area contributed by atoms with E-state index in [0.717, 1.165) is 12.3 Å². The van der Waals surface area contributed by atoms with Crippen molar-refractivity contribution in [3.05, 3.63) is 23.9 Å². The molecule has 4 heterocycles. The van der Waals surface area contributed by atoms with Crippen LogP contribution in [0.4, 0.5) is 39.5 Å². The Morgan fingerprint density at radius 3 is 2.57 bits per heavy atom. The molecule has 1 atom stereocenters. The van der Waals surface area contributed by atoms with Crippen molar-refractivity contribution in [2.24, 2.45) is 0 Å². The van der Waals surface area contributed by atoms with Crippen LogP contribution < -0.4 is 15.5 Å². The lowest BCUT2D eigenvalue weighted by atomic mass is 10.1. The van der Waals surface area contributed by atoms with E-state index in [1.54, 1.807) is 4.90 Å². The summed E-state index contributed by atoms with van der Waals surface area (Å²) >= 11 is 0. The Bertz CT molecular complexity index is 945. The van der Waals surface area contributed by atoms with E-state index < -0.39 is 30.8 Å². The summed E-state index contributed by atoms with van der Waals surface area (Å²) in [5, 5.41) is 0. The molecule has 0 saturated carbocycles. The van der Waals surface area contributed by atoms with Gasteiger partial charge in [0.25, 0.3) is 5.92 Å². The zero-order valence-corrected chi connectivity index (χ0v) is 16.0. The van der Waals surface area contributed by atoms with Gasteiger partial charge >= 0.3 is 6.18 Å². The van der Waals surface area contributed by atoms with Crippen molar-refractivity contribution >= 4 is 17.6 Å². The SMILES string of the molecule is CC1COCCN1c1nc(-c2cnc(N)cc2C(F)(F)F)cc(N2CC(F)(F)C2)n1. The van der Waals surface area contributed by atoms with Gasteiger partial charge in [-0.2, -0.15) is 18.2 Å². The second kappa shape index (κ2) is 7.18. The van der Waals surface area contributed by atoms with Gasteiger partial charge in [-0.15, -0.1) is 0 Å². The smallest absolute Gasteiger partial charge is 0.384 e. The number of nitrogens with two attached hydrogens (primary N) is 1. The Hall–Kier alpha value is -2.76. The van der Waals surface area contributed by atoms with Crippen LogP contribution in [0.1, 0.15) is 12.5 Å². The third-order valence-electron chi connectivity index (χ3n) is 5.00. The van der Waals surface area contributed by atoms with E-state index in [2.05, 4.69) is 15.0 Å². The first kappa shape index (κ1) is 20.5. The van der Waals surface area contributed by atoms with Gasteiger partial charge in [0.1, 0.15) is 11.6 Å². The number of rotatable bonds is 3. The van der Waals surface area contributed by atoms with Crippen molar-refractivity contribution in [3.63, 3.8) is 0 Å². The molecular weight excluding hydrogens is 411 g/mol. The van der Waals surface area contributed by atoms with Crippen LogP contribution in [-0.4, -0.2) is 59.8 Å². The highest BCUT2D eigenvalue weighted by Crippen LogP contribution is 2.39. The van der Waals surface area contributed by atoms with Gasteiger partial charge in [0.05, 0.1) is 43.6 Å². The molecule has 0 aromatic carbocycles.